The minimum atomic E-state index is -3.90. The largest absolute Gasteiger partial charge is 0.312 e. The number of halogens is 2. The van der Waals surface area contributed by atoms with Gasteiger partial charge in [-0.3, -0.25) is 14.9 Å². The number of nitro benzene ring substituents is 1. The second kappa shape index (κ2) is 5.52. The number of carbonyl (C=O) groups excluding carboxylic acids is 1. The van der Waals surface area contributed by atoms with Gasteiger partial charge in [0.05, 0.1) is 4.92 Å². The summed E-state index contributed by atoms with van der Waals surface area (Å²) < 4.78 is 23.0. The van der Waals surface area contributed by atoms with Crippen molar-refractivity contribution < 1.29 is 18.1 Å². The highest BCUT2D eigenvalue weighted by atomic mass is 79.9. The zero-order valence-corrected chi connectivity index (χ0v) is 13.5. The lowest BCUT2D eigenvalue weighted by Crippen LogP contribution is -2.32. The summed E-state index contributed by atoms with van der Waals surface area (Å²) in [5, 5.41) is 14.9. The summed E-state index contributed by atoms with van der Waals surface area (Å²) in [5.74, 6) is -0.560. The SMILES string of the molecule is NS(=O)(=O)C1CC(=O)N(c2ccc(Br)c(Cl)c2[N+](=O)[O-])C1. The molecule has 1 aliphatic rings. The van der Waals surface area contributed by atoms with Crippen LogP contribution in [0, 0.1) is 10.1 Å². The average Bonchev–Trinajstić information content (AvgIpc) is 2.74. The number of hydrogen-bond donors (Lipinski definition) is 1. The molecule has 8 nitrogen and oxygen atoms in total. The predicted octanol–water partition coefficient (Wildman–Crippen LogP) is 1.40. The highest BCUT2D eigenvalue weighted by molar-refractivity contribution is 9.10. The van der Waals surface area contributed by atoms with Crippen molar-refractivity contribution in [1.29, 1.82) is 0 Å². The minimum Gasteiger partial charge on any atom is -0.305 e. The maximum Gasteiger partial charge on any atom is 0.312 e. The molecule has 11 heteroatoms. The normalized spacial score (nSPS) is 19.1. The lowest BCUT2D eigenvalue weighted by atomic mass is 10.2. The monoisotopic (exact) mass is 397 g/mol. The van der Waals surface area contributed by atoms with Gasteiger partial charge in [-0.1, -0.05) is 11.6 Å². The van der Waals surface area contributed by atoms with Gasteiger partial charge in [-0.25, -0.2) is 13.6 Å². The first-order valence-corrected chi connectivity index (χ1v) is 8.35. The molecule has 1 aliphatic heterocycles. The van der Waals surface area contributed by atoms with Gasteiger partial charge in [0.2, 0.25) is 15.9 Å². The molecule has 0 radical (unpaired) electrons. The average molecular weight is 399 g/mol. The Balaban J connectivity index is 2.51. The molecule has 1 fully saturated rings. The number of benzene rings is 1. The highest BCUT2D eigenvalue weighted by Gasteiger charge is 2.40. The number of amides is 1. The first-order valence-electron chi connectivity index (χ1n) is 5.57. The quantitative estimate of drug-likeness (QED) is 0.609. The van der Waals surface area contributed by atoms with Gasteiger partial charge >= 0.3 is 5.69 Å². The molecule has 1 saturated heterocycles. The molecule has 1 amide bonds. The van der Waals surface area contributed by atoms with Crippen LogP contribution in [0.3, 0.4) is 0 Å². The Morgan fingerprint density at radius 3 is 2.57 bits per heavy atom. The molecular weight excluding hydrogens is 390 g/mol. The fourth-order valence-corrected chi connectivity index (χ4v) is 3.33. The van der Waals surface area contributed by atoms with Crippen LogP contribution < -0.4 is 10.0 Å². The zero-order chi connectivity index (χ0) is 15.9. The third-order valence-electron chi connectivity index (χ3n) is 3.08. The number of anilines is 1. The van der Waals surface area contributed by atoms with E-state index in [-0.39, 0.29) is 23.7 Å². The molecule has 2 rings (SSSR count). The summed E-state index contributed by atoms with van der Waals surface area (Å²) in [4.78, 5) is 23.4. The topological polar surface area (TPSA) is 124 Å². The van der Waals surface area contributed by atoms with Crippen molar-refractivity contribution in [1.82, 2.24) is 0 Å². The van der Waals surface area contributed by atoms with Crippen LogP contribution in [-0.2, 0) is 14.8 Å². The van der Waals surface area contributed by atoms with Gasteiger partial charge < -0.3 is 4.90 Å². The van der Waals surface area contributed by atoms with Gasteiger partial charge in [0, 0.05) is 17.4 Å². The molecule has 114 valence electrons. The molecule has 0 saturated carbocycles. The molecule has 1 aromatic carbocycles. The minimum absolute atomic E-state index is 0.0515. The number of sulfonamides is 1. The van der Waals surface area contributed by atoms with E-state index in [0.717, 1.165) is 4.90 Å². The van der Waals surface area contributed by atoms with Crippen molar-refractivity contribution in [3.63, 3.8) is 0 Å². The molecule has 0 aromatic heterocycles. The second-order valence-electron chi connectivity index (χ2n) is 4.41. The van der Waals surface area contributed by atoms with Crippen LogP contribution in [0.4, 0.5) is 11.4 Å². The van der Waals surface area contributed by atoms with Crippen molar-refractivity contribution in [3.05, 3.63) is 31.7 Å². The number of nitrogens with zero attached hydrogens (tertiary/aromatic N) is 2. The zero-order valence-electron chi connectivity index (χ0n) is 10.3. The third-order valence-corrected chi connectivity index (χ3v) is 5.59. The van der Waals surface area contributed by atoms with Crippen molar-refractivity contribution in [2.24, 2.45) is 5.14 Å². The number of carbonyl (C=O) groups is 1. The van der Waals surface area contributed by atoms with Crippen molar-refractivity contribution in [2.75, 3.05) is 11.4 Å². The maximum atomic E-state index is 11.9. The number of primary sulfonamides is 1. The van der Waals surface area contributed by atoms with E-state index >= 15 is 0 Å². The molecule has 1 unspecified atom stereocenters. The molecule has 0 bridgehead atoms. The molecular formula is C10H9BrClN3O5S. The van der Waals surface area contributed by atoms with Crippen LogP contribution in [-0.4, -0.2) is 31.0 Å². The summed E-state index contributed by atoms with van der Waals surface area (Å²) >= 11 is 8.94. The van der Waals surface area contributed by atoms with Crippen LogP contribution >= 0.6 is 27.5 Å². The van der Waals surface area contributed by atoms with Gasteiger partial charge in [0.25, 0.3) is 0 Å². The first kappa shape index (κ1) is 16.1. The van der Waals surface area contributed by atoms with Crippen LogP contribution in [0.15, 0.2) is 16.6 Å². The molecule has 1 heterocycles. The van der Waals surface area contributed by atoms with Gasteiger partial charge in [-0.2, -0.15) is 0 Å². The number of nitrogens with two attached hydrogens (primary N) is 1. The van der Waals surface area contributed by atoms with Gasteiger partial charge in [0.1, 0.15) is 16.0 Å². The summed E-state index contributed by atoms with van der Waals surface area (Å²) in [7, 11) is -3.90. The van der Waals surface area contributed by atoms with E-state index in [1.807, 2.05) is 0 Å². The second-order valence-corrected chi connectivity index (χ2v) is 7.48. The Bertz CT molecular complexity index is 738. The maximum absolute atomic E-state index is 11.9. The fourth-order valence-electron chi connectivity index (χ4n) is 2.05. The Hall–Kier alpha value is -1.23. The lowest BCUT2D eigenvalue weighted by molar-refractivity contribution is -0.384. The van der Waals surface area contributed by atoms with Gasteiger partial charge in [0.15, 0.2) is 0 Å². The van der Waals surface area contributed by atoms with Crippen molar-refractivity contribution in [2.45, 2.75) is 11.7 Å². The van der Waals surface area contributed by atoms with Crippen LogP contribution in [0.1, 0.15) is 6.42 Å². The van der Waals surface area contributed by atoms with Crippen LogP contribution in [0.2, 0.25) is 5.02 Å². The summed E-state index contributed by atoms with van der Waals surface area (Å²) in [6, 6.07) is 2.78. The van der Waals surface area contributed by atoms with E-state index in [2.05, 4.69) is 15.9 Å². The van der Waals surface area contributed by atoms with Crippen molar-refractivity contribution >= 4 is 54.8 Å². The molecule has 1 aromatic rings. The highest BCUT2D eigenvalue weighted by Crippen LogP contribution is 2.41. The van der Waals surface area contributed by atoms with Gasteiger partial charge in [-0.05, 0) is 28.1 Å². The summed E-state index contributed by atoms with van der Waals surface area (Å²) in [6.07, 6.45) is -0.316. The van der Waals surface area contributed by atoms with E-state index in [1.165, 1.54) is 12.1 Å². The predicted molar refractivity (Wildman–Crippen MR) is 79.7 cm³/mol. The standard InChI is InChI=1S/C10H9BrClN3O5S/c11-6-1-2-7(10(9(6)12)15(17)18)14-4-5(3-8(14)16)21(13,19)20/h1-2,5H,3-4H2,(H2,13,19,20). The van der Waals surface area contributed by atoms with Crippen molar-refractivity contribution in [3.8, 4) is 0 Å². The molecule has 0 aliphatic carbocycles. The van der Waals surface area contributed by atoms with Crippen LogP contribution in [0.5, 0.6) is 0 Å². The number of nitro groups is 1. The van der Waals surface area contributed by atoms with E-state index in [1.54, 1.807) is 0 Å². The fraction of sp³-hybridized carbons (Fsp3) is 0.300. The van der Waals surface area contributed by atoms with Gasteiger partial charge in [-0.15, -0.1) is 0 Å². The third kappa shape index (κ3) is 3.03. The molecule has 2 N–H and O–H groups in total. The van der Waals surface area contributed by atoms with E-state index in [0.29, 0.717) is 4.47 Å². The molecule has 0 spiro atoms. The lowest BCUT2D eigenvalue weighted by Gasteiger charge is -2.17. The Labute approximate surface area is 133 Å². The Morgan fingerprint density at radius 1 is 1.48 bits per heavy atom. The number of hydrogen-bond acceptors (Lipinski definition) is 5. The van der Waals surface area contributed by atoms with E-state index in [4.69, 9.17) is 16.7 Å². The summed E-state index contributed by atoms with van der Waals surface area (Å²) in [6.45, 7) is -0.240. The Kier molecular flexibility index (Phi) is 4.24. The molecule has 1 atom stereocenters. The van der Waals surface area contributed by atoms with E-state index in [9.17, 15) is 23.3 Å². The van der Waals surface area contributed by atoms with E-state index < -0.39 is 31.8 Å². The summed E-state index contributed by atoms with van der Waals surface area (Å²) in [5.41, 5.74) is -0.515. The molecule has 21 heavy (non-hydrogen) atoms. The number of rotatable bonds is 3. The smallest absolute Gasteiger partial charge is 0.305 e. The van der Waals surface area contributed by atoms with Crippen LogP contribution in [0.25, 0.3) is 0 Å². The Morgan fingerprint density at radius 2 is 2.10 bits per heavy atom. The first-order chi connectivity index (χ1) is 9.62.